The highest BCUT2D eigenvalue weighted by molar-refractivity contribution is 5.02. The summed E-state index contributed by atoms with van der Waals surface area (Å²) < 4.78 is 0. The lowest BCUT2D eigenvalue weighted by molar-refractivity contribution is 0.0934. The summed E-state index contributed by atoms with van der Waals surface area (Å²) in [5.74, 6) is 0. The smallest absolute Gasteiger partial charge is 0.0771 e. The monoisotopic (exact) mass is 246 g/mol. The van der Waals surface area contributed by atoms with Crippen molar-refractivity contribution in [2.75, 3.05) is 19.6 Å². The van der Waals surface area contributed by atoms with Gasteiger partial charge in [-0.1, -0.05) is 19.3 Å². The summed E-state index contributed by atoms with van der Waals surface area (Å²) in [5, 5.41) is 11.9. The summed E-state index contributed by atoms with van der Waals surface area (Å²) in [6.45, 7) is 4.35. The van der Waals surface area contributed by atoms with E-state index in [1.807, 2.05) is 6.07 Å². The normalized spacial score (nSPS) is 24.2. The summed E-state index contributed by atoms with van der Waals surface area (Å²) in [4.78, 5) is 2.53. The van der Waals surface area contributed by atoms with E-state index >= 15 is 0 Å². The predicted octanol–water partition coefficient (Wildman–Crippen LogP) is 1.58. The molecule has 1 spiro atoms. The van der Waals surface area contributed by atoms with E-state index < -0.39 is 0 Å². The fraction of sp³-hybridized carbons (Fsp3) is 0.714. The zero-order valence-electron chi connectivity index (χ0n) is 10.9. The Morgan fingerprint density at radius 1 is 1.28 bits per heavy atom. The van der Waals surface area contributed by atoms with Crippen LogP contribution < -0.4 is 5.32 Å². The Kier molecular flexibility index (Phi) is 3.57. The van der Waals surface area contributed by atoms with Gasteiger partial charge >= 0.3 is 0 Å². The minimum Gasteiger partial charge on any atom is -0.309 e. The predicted molar refractivity (Wildman–Crippen MR) is 71.1 cm³/mol. The van der Waals surface area contributed by atoms with Gasteiger partial charge in [-0.25, -0.2) is 0 Å². The van der Waals surface area contributed by atoms with Gasteiger partial charge in [0.2, 0.25) is 0 Å². The first kappa shape index (κ1) is 12.1. The van der Waals surface area contributed by atoms with E-state index in [1.54, 1.807) is 6.20 Å². The van der Waals surface area contributed by atoms with E-state index in [2.05, 4.69) is 26.5 Å². The number of piperazine rings is 1. The van der Waals surface area contributed by atoms with Crippen LogP contribution in [0.5, 0.6) is 0 Å². The standard InChI is InChI=1S/C14H22N4/c1-2-6-14(7-3-1)12-18(10-9-15-14)11-13-5-4-8-16-17-13/h4-5,8,15H,1-3,6-7,9-12H2. The highest BCUT2D eigenvalue weighted by Gasteiger charge is 2.35. The number of nitrogens with zero attached hydrogens (tertiary/aromatic N) is 3. The fourth-order valence-electron chi connectivity index (χ4n) is 3.39. The molecule has 4 nitrogen and oxygen atoms in total. The van der Waals surface area contributed by atoms with Crippen molar-refractivity contribution in [3.05, 3.63) is 24.0 Å². The second-order valence-corrected chi connectivity index (χ2v) is 5.69. The average Bonchev–Trinajstić information content (AvgIpc) is 2.41. The van der Waals surface area contributed by atoms with Crippen LogP contribution in [0.4, 0.5) is 0 Å². The minimum atomic E-state index is 0.388. The Bertz CT molecular complexity index is 367. The van der Waals surface area contributed by atoms with E-state index in [9.17, 15) is 0 Å². The van der Waals surface area contributed by atoms with Crippen LogP contribution in [0.25, 0.3) is 0 Å². The lowest BCUT2D eigenvalue weighted by Gasteiger charge is -2.46. The molecule has 98 valence electrons. The van der Waals surface area contributed by atoms with E-state index in [0.717, 1.165) is 25.3 Å². The first-order valence-corrected chi connectivity index (χ1v) is 7.10. The lowest BCUT2D eigenvalue weighted by Crippen LogP contribution is -2.60. The molecule has 0 aromatic carbocycles. The zero-order valence-corrected chi connectivity index (χ0v) is 10.9. The van der Waals surface area contributed by atoms with Crippen LogP contribution in [0.3, 0.4) is 0 Å². The van der Waals surface area contributed by atoms with Crippen LogP contribution in [0.15, 0.2) is 18.3 Å². The molecule has 0 amide bonds. The van der Waals surface area contributed by atoms with Gasteiger partial charge in [-0.3, -0.25) is 4.90 Å². The third-order valence-electron chi connectivity index (χ3n) is 4.28. The van der Waals surface area contributed by atoms with E-state index in [-0.39, 0.29) is 0 Å². The van der Waals surface area contributed by atoms with Crippen molar-refractivity contribution in [3.63, 3.8) is 0 Å². The van der Waals surface area contributed by atoms with Gasteiger partial charge in [0.1, 0.15) is 0 Å². The topological polar surface area (TPSA) is 41.1 Å². The largest absolute Gasteiger partial charge is 0.309 e. The van der Waals surface area contributed by atoms with Crippen molar-refractivity contribution in [3.8, 4) is 0 Å². The molecule has 0 atom stereocenters. The molecule has 1 N–H and O–H groups in total. The fourth-order valence-corrected chi connectivity index (χ4v) is 3.39. The molecule has 0 unspecified atom stereocenters. The van der Waals surface area contributed by atoms with Gasteiger partial charge in [0.25, 0.3) is 0 Å². The molecular weight excluding hydrogens is 224 g/mol. The molecule has 2 aliphatic rings. The second kappa shape index (κ2) is 5.33. The van der Waals surface area contributed by atoms with Crippen molar-refractivity contribution in [2.24, 2.45) is 0 Å². The van der Waals surface area contributed by atoms with Crippen LogP contribution in [0, 0.1) is 0 Å². The van der Waals surface area contributed by atoms with Gasteiger partial charge in [0, 0.05) is 37.9 Å². The van der Waals surface area contributed by atoms with Crippen LogP contribution >= 0.6 is 0 Å². The van der Waals surface area contributed by atoms with Gasteiger partial charge in [-0.05, 0) is 25.0 Å². The van der Waals surface area contributed by atoms with Crippen molar-refractivity contribution in [2.45, 2.75) is 44.2 Å². The summed E-state index contributed by atoms with van der Waals surface area (Å²) in [6.07, 6.45) is 8.59. The second-order valence-electron chi connectivity index (χ2n) is 5.69. The van der Waals surface area contributed by atoms with Crippen molar-refractivity contribution in [1.82, 2.24) is 20.4 Å². The van der Waals surface area contributed by atoms with Gasteiger partial charge in [-0.2, -0.15) is 10.2 Å². The maximum absolute atomic E-state index is 4.19. The number of hydrogen-bond acceptors (Lipinski definition) is 4. The Hall–Kier alpha value is -1.00. The molecule has 1 aliphatic carbocycles. The molecule has 1 aromatic heterocycles. The average molecular weight is 246 g/mol. The summed E-state index contributed by atoms with van der Waals surface area (Å²) in [7, 11) is 0. The van der Waals surface area contributed by atoms with Crippen molar-refractivity contribution in [1.29, 1.82) is 0 Å². The summed E-state index contributed by atoms with van der Waals surface area (Å²) in [5.41, 5.74) is 1.48. The van der Waals surface area contributed by atoms with Gasteiger partial charge in [-0.15, -0.1) is 0 Å². The molecule has 1 aromatic rings. The Balaban J connectivity index is 1.63. The molecule has 0 radical (unpaired) electrons. The van der Waals surface area contributed by atoms with Crippen LogP contribution in [0.2, 0.25) is 0 Å². The zero-order chi connectivity index (χ0) is 12.3. The molecule has 18 heavy (non-hydrogen) atoms. The molecule has 1 aliphatic heterocycles. The highest BCUT2D eigenvalue weighted by Crippen LogP contribution is 2.30. The Labute approximate surface area is 109 Å². The summed E-state index contributed by atoms with van der Waals surface area (Å²) in [6, 6.07) is 4.05. The van der Waals surface area contributed by atoms with E-state index in [0.29, 0.717) is 5.54 Å². The summed E-state index contributed by atoms with van der Waals surface area (Å²) >= 11 is 0. The van der Waals surface area contributed by atoms with Gasteiger partial charge in [0.15, 0.2) is 0 Å². The SMILES string of the molecule is c1cnnc(CN2CCNC3(CCCCC3)C2)c1. The quantitative estimate of drug-likeness (QED) is 0.860. The number of rotatable bonds is 2. The van der Waals surface area contributed by atoms with Crippen molar-refractivity contribution < 1.29 is 0 Å². The van der Waals surface area contributed by atoms with E-state index in [4.69, 9.17) is 0 Å². The molecule has 2 heterocycles. The maximum Gasteiger partial charge on any atom is 0.0771 e. The first-order chi connectivity index (χ1) is 8.86. The highest BCUT2D eigenvalue weighted by atomic mass is 15.2. The number of hydrogen-bond donors (Lipinski definition) is 1. The van der Waals surface area contributed by atoms with Gasteiger partial charge < -0.3 is 5.32 Å². The number of aromatic nitrogens is 2. The minimum absolute atomic E-state index is 0.388. The van der Waals surface area contributed by atoms with E-state index in [1.165, 1.54) is 38.6 Å². The van der Waals surface area contributed by atoms with Crippen LogP contribution in [-0.4, -0.2) is 40.3 Å². The number of nitrogens with one attached hydrogen (secondary N) is 1. The Morgan fingerprint density at radius 3 is 2.94 bits per heavy atom. The molecule has 1 saturated heterocycles. The molecule has 0 bridgehead atoms. The van der Waals surface area contributed by atoms with Crippen LogP contribution in [-0.2, 0) is 6.54 Å². The lowest BCUT2D eigenvalue weighted by atomic mass is 9.80. The van der Waals surface area contributed by atoms with Gasteiger partial charge in [0.05, 0.1) is 5.69 Å². The molecule has 1 saturated carbocycles. The molecule has 2 fully saturated rings. The molecular formula is C14H22N4. The Morgan fingerprint density at radius 2 is 2.17 bits per heavy atom. The molecule has 4 heteroatoms. The maximum atomic E-state index is 4.19. The third kappa shape index (κ3) is 2.70. The third-order valence-corrected chi connectivity index (χ3v) is 4.28. The van der Waals surface area contributed by atoms with Crippen LogP contribution in [0.1, 0.15) is 37.8 Å². The first-order valence-electron chi connectivity index (χ1n) is 7.10. The molecule has 3 rings (SSSR count). The van der Waals surface area contributed by atoms with Crippen molar-refractivity contribution >= 4 is 0 Å².